The summed E-state index contributed by atoms with van der Waals surface area (Å²) >= 11 is 0. The van der Waals surface area contributed by atoms with Crippen molar-refractivity contribution in [1.82, 2.24) is 9.55 Å². The van der Waals surface area contributed by atoms with Gasteiger partial charge in [-0.25, -0.2) is 0 Å². The number of rotatable bonds is 4. The van der Waals surface area contributed by atoms with Crippen molar-refractivity contribution < 1.29 is 0 Å². The van der Waals surface area contributed by atoms with Gasteiger partial charge in [0.05, 0.1) is 5.52 Å². The molecule has 4 rings (SSSR count). The summed E-state index contributed by atoms with van der Waals surface area (Å²) in [5.41, 5.74) is 4.02. The van der Waals surface area contributed by atoms with E-state index in [0.29, 0.717) is 6.54 Å². The second-order valence-electron chi connectivity index (χ2n) is 6.00. The second kappa shape index (κ2) is 6.73. The third-order valence-corrected chi connectivity index (χ3v) is 4.42. The molecular formula is C22H18N2O. The minimum Gasteiger partial charge on any atom is -0.308 e. The van der Waals surface area contributed by atoms with Crippen molar-refractivity contribution in [1.29, 1.82) is 0 Å². The van der Waals surface area contributed by atoms with Gasteiger partial charge in [-0.05, 0) is 29.3 Å². The van der Waals surface area contributed by atoms with Crippen LogP contribution in [0.4, 0.5) is 0 Å². The minimum atomic E-state index is 0.0217. The van der Waals surface area contributed by atoms with Crippen LogP contribution in [0.15, 0.2) is 89.9 Å². The van der Waals surface area contributed by atoms with Gasteiger partial charge >= 0.3 is 0 Å². The lowest BCUT2D eigenvalue weighted by atomic mass is 10.0. The molecular weight excluding hydrogens is 308 g/mol. The van der Waals surface area contributed by atoms with E-state index in [1.54, 1.807) is 12.3 Å². The SMILES string of the molecule is O=c1cc(-c2ccccc2)c2ccccc2n1CCc1ccccn1. The zero-order valence-corrected chi connectivity index (χ0v) is 13.8. The van der Waals surface area contributed by atoms with Crippen LogP contribution >= 0.6 is 0 Å². The Morgan fingerprint density at radius 1 is 0.840 bits per heavy atom. The summed E-state index contributed by atoms with van der Waals surface area (Å²) in [6.07, 6.45) is 2.52. The predicted molar refractivity (Wildman–Crippen MR) is 102 cm³/mol. The third-order valence-electron chi connectivity index (χ3n) is 4.42. The molecule has 0 bridgehead atoms. The maximum atomic E-state index is 12.8. The maximum Gasteiger partial charge on any atom is 0.251 e. The monoisotopic (exact) mass is 326 g/mol. The Hall–Kier alpha value is -3.20. The highest BCUT2D eigenvalue weighted by molar-refractivity contribution is 5.94. The van der Waals surface area contributed by atoms with Crippen LogP contribution in [-0.4, -0.2) is 9.55 Å². The molecule has 122 valence electrons. The lowest BCUT2D eigenvalue weighted by molar-refractivity contribution is 0.685. The van der Waals surface area contributed by atoms with Crippen LogP contribution < -0.4 is 5.56 Å². The normalized spacial score (nSPS) is 10.9. The molecule has 2 aromatic carbocycles. The summed E-state index contributed by atoms with van der Waals surface area (Å²) in [5, 5.41) is 1.09. The smallest absolute Gasteiger partial charge is 0.251 e. The van der Waals surface area contributed by atoms with Crippen molar-refractivity contribution in [3.05, 3.63) is 101 Å². The van der Waals surface area contributed by atoms with Crippen molar-refractivity contribution >= 4 is 10.9 Å². The first-order valence-corrected chi connectivity index (χ1v) is 8.41. The van der Waals surface area contributed by atoms with E-state index in [0.717, 1.165) is 34.1 Å². The lowest BCUT2D eigenvalue weighted by Crippen LogP contribution is -2.21. The number of hydrogen-bond acceptors (Lipinski definition) is 2. The number of nitrogens with zero attached hydrogens (tertiary/aromatic N) is 2. The molecule has 0 aliphatic carbocycles. The Morgan fingerprint density at radius 3 is 2.40 bits per heavy atom. The topological polar surface area (TPSA) is 34.9 Å². The van der Waals surface area contributed by atoms with Gasteiger partial charge in [0.2, 0.25) is 0 Å². The van der Waals surface area contributed by atoms with Gasteiger partial charge in [-0.3, -0.25) is 9.78 Å². The average Bonchev–Trinajstić information content (AvgIpc) is 2.68. The lowest BCUT2D eigenvalue weighted by Gasteiger charge is -2.13. The number of pyridine rings is 2. The number of hydrogen-bond donors (Lipinski definition) is 0. The Bertz CT molecular complexity index is 1050. The third kappa shape index (κ3) is 3.09. The molecule has 0 saturated carbocycles. The molecule has 0 atom stereocenters. The highest BCUT2D eigenvalue weighted by Crippen LogP contribution is 2.27. The van der Waals surface area contributed by atoms with Crippen LogP contribution in [-0.2, 0) is 13.0 Å². The Kier molecular flexibility index (Phi) is 4.13. The summed E-state index contributed by atoms with van der Waals surface area (Å²) in [6, 6.07) is 25.8. The summed E-state index contributed by atoms with van der Waals surface area (Å²) < 4.78 is 1.84. The van der Waals surface area contributed by atoms with Gasteiger partial charge in [-0.1, -0.05) is 54.6 Å². The minimum absolute atomic E-state index is 0.0217. The van der Waals surface area contributed by atoms with Crippen molar-refractivity contribution in [2.75, 3.05) is 0 Å². The number of para-hydroxylation sites is 1. The van der Waals surface area contributed by atoms with Gasteiger partial charge in [0, 0.05) is 36.3 Å². The largest absolute Gasteiger partial charge is 0.308 e. The molecule has 0 unspecified atom stereocenters. The molecule has 0 aliphatic heterocycles. The molecule has 0 spiro atoms. The second-order valence-corrected chi connectivity index (χ2v) is 6.00. The summed E-state index contributed by atoms with van der Waals surface area (Å²) in [5.74, 6) is 0. The number of aromatic nitrogens is 2. The Labute approximate surface area is 146 Å². The fraction of sp³-hybridized carbons (Fsp3) is 0.0909. The summed E-state index contributed by atoms with van der Waals surface area (Å²) in [7, 11) is 0. The van der Waals surface area contributed by atoms with E-state index in [4.69, 9.17) is 0 Å². The molecule has 0 fully saturated rings. The zero-order valence-electron chi connectivity index (χ0n) is 13.8. The zero-order chi connectivity index (χ0) is 17.1. The van der Waals surface area contributed by atoms with Gasteiger partial charge in [-0.15, -0.1) is 0 Å². The summed E-state index contributed by atoms with van der Waals surface area (Å²) in [4.78, 5) is 17.1. The van der Waals surface area contributed by atoms with Crippen molar-refractivity contribution in [3.63, 3.8) is 0 Å². The Morgan fingerprint density at radius 2 is 1.60 bits per heavy atom. The maximum absolute atomic E-state index is 12.8. The van der Waals surface area contributed by atoms with E-state index in [1.807, 2.05) is 71.3 Å². The quantitative estimate of drug-likeness (QED) is 0.560. The van der Waals surface area contributed by atoms with Crippen LogP contribution in [0.2, 0.25) is 0 Å². The molecule has 2 heterocycles. The van der Waals surface area contributed by atoms with E-state index >= 15 is 0 Å². The van der Waals surface area contributed by atoms with Gasteiger partial charge in [0.1, 0.15) is 0 Å². The van der Waals surface area contributed by atoms with Gasteiger partial charge < -0.3 is 4.57 Å². The molecule has 0 aliphatic rings. The number of aryl methyl sites for hydroxylation is 2. The van der Waals surface area contributed by atoms with E-state index in [2.05, 4.69) is 11.1 Å². The highest BCUT2D eigenvalue weighted by atomic mass is 16.1. The van der Waals surface area contributed by atoms with Crippen LogP contribution in [0.1, 0.15) is 5.69 Å². The fourth-order valence-electron chi connectivity index (χ4n) is 3.19. The average molecular weight is 326 g/mol. The molecule has 0 amide bonds. The highest BCUT2D eigenvalue weighted by Gasteiger charge is 2.10. The fourth-order valence-corrected chi connectivity index (χ4v) is 3.19. The number of benzene rings is 2. The first-order valence-electron chi connectivity index (χ1n) is 8.41. The number of fused-ring (bicyclic) bond motifs is 1. The molecule has 4 aromatic rings. The van der Waals surface area contributed by atoms with Crippen molar-refractivity contribution in [2.45, 2.75) is 13.0 Å². The molecule has 0 radical (unpaired) electrons. The van der Waals surface area contributed by atoms with Gasteiger partial charge in [-0.2, -0.15) is 0 Å². The van der Waals surface area contributed by atoms with Gasteiger partial charge in [0.25, 0.3) is 5.56 Å². The first-order chi connectivity index (χ1) is 12.3. The molecule has 3 nitrogen and oxygen atoms in total. The van der Waals surface area contributed by atoms with E-state index in [-0.39, 0.29) is 5.56 Å². The molecule has 0 N–H and O–H groups in total. The first kappa shape index (κ1) is 15.3. The Balaban J connectivity index is 1.81. The molecule has 3 heteroatoms. The van der Waals surface area contributed by atoms with Gasteiger partial charge in [0.15, 0.2) is 0 Å². The molecule has 2 aromatic heterocycles. The summed E-state index contributed by atoms with van der Waals surface area (Å²) in [6.45, 7) is 0.616. The standard InChI is InChI=1S/C22H18N2O/c25-22-16-20(17-8-2-1-3-9-17)19-11-4-5-12-21(19)24(22)15-13-18-10-6-7-14-23-18/h1-12,14,16H,13,15H2. The predicted octanol–water partition coefficient (Wildman–Crippen LogP) is 4.31. The van der Waals surface area contributed by atoms with Crippen LogP contribution in [0.25, 0.3) is 22.0 Å². The van der Waals surface area contributed by atoms with E-state index in [9.17, 15) is 4.79 Å². The van der Waals surface area contributed by atoms with Crippen molar-refractivity contribution in [3.8, 4) is 11.1 Å². The van der Waals surface area contributed by atoms with Crippen LogP contribution in [0.3, 0.4) is 0 Å². The van der Waals surface area contributed by atoms with Crippen LogP contribution in [0.5, 0.6) is 0 Å². The molecule has 25 heavy (non-hydrogen) atoms. The van der Waals surface area contributed by atoms with Crippen molar-refractivity contribution in [2.24, 2.45) is 0 Å². The van der Waals surface area contributed by atoms with E-state index in [1.165, 1.54) is 0 Å². The molecule has 0 saturated heterocycles. The van der Waals surface area contributed by atoms with Crippen LogP contribution in [0, 0.1) is 0 Å². The van der Waals surface area contributed by atoms with E-state index < -0.39 is 0 Å².